The zero-order valence-corrected chi connectivity index (χ0v) is 10.6. The number of carbonyl (C=O) groups excluding carboxylic acids is 1. The van der Waals surface area contributed by atoms with Crippen molar-refractivity contribution in [3.8, 4) is 5.75 Å². The minimum atomic E-state index is -5.25. The number of halogens is 3. The molecule has 110 valence electrons. The third kappa shape index (κ3) is 2.54. The van der Waals surface area contributed by atoms with Gasteiger partial charge in [-0.3, -0.25) is 4.79 Å². The first-order valence-electron chi connectivity index (χ1n) is 5.39. The van der Waals surface area contributed by atoms with Crippen LogP contribution in [0.15, 0.2) is 24.3 Å². The number of hydrogen-bond acceptors (Lipinski definition) is 3. The highest BCUT2D eigenvalue weighted by Gasteiger charge is 2.64. The van der Waals surface area contributed by atoms with Gasteiger partial charge in [-0.25, -0.2) is 4.79 Å². The van der Waals surface area contributed by atoms with Gasteiger partial charge in [-0.1, -0.05) is 18.2 Å². The van der Waals surface area contributed by atoms with Gasteiger partial charge >= 0.3 is 12.1 Å². The van der Waals surface area contributed by atoms with E-state index in [-0.39, 0.29) is 5.75 Å². The van der Waals surface area contributed by atoms with Crippen LogP contribution in [0.25, 0.3) is 0 Å². The Morgan fingerprint density at radius 1 is 1.25 bits per heavy atom. The van der Waals surface area contributed by atoms with Crippen LogP contribution in [0.2, 0.25) is 0 Å². The molecule has 1 rings (SSSR count). The van der Waals surface area contributed by atoms with E-state index in [1.54, 1.807) is 0 Å². The molecule has 0 saturated heterocycles. The van der Waals surface area contributed by atoms with E-state index >= 15 is 0 Å². The number of benzene rings is 1. The molecule has 1 unspecified atom stereocenters. The number of nitrogens with one attached hydrogen (secondary N) is 1. The molecule has 1 aromatic rings. The van der Waals surface area contributed by atoms with Crippen LogP contribution in [0.1, 0.15) is 12.5 Å². The summed E-state index contributed by atoms with van der Waals surface area (Å²) in [6.45, 7) is 0.804. The quantitative estimate of drug-likeness (QED) is 0.885. The van der Waals surface area contributed by atoms with Crippen LogP contribution in [0.4, 0.5) is 13.2 Å². The van der Waals surface area contributed by atoms with Crippen LogP contribution in [0.3, 0.4) is 0 Å². The van der Waals surface area contributed by atoms with Crippen molar-refractivity contribution in [1.82, 2.24) is 5.32 Å². The minimum Gasteiger partial charge on any atom is -0.496 e. The summed E-state index contributed by atoms with van der Waals surface area (Å²) in [6, 6.07) is 4.74. The highest BCUT2D eigenvalue weighted by molar-refractivity contribution is 5.89. The molecule has 0 aliphatic rings. The number of alkyl halides is 3. The number of methoxy groups -OCH3 is 1. The fourth-order valence-corrected chi connectivity index (χ4v) is 1.80. The average Bonchev–Trinajstić information content (AvgIpc) is 2.33. The Morgan fingerprint density at radius 3 is 2.20 bits per heavy atom. The third-order valence-corrected chi connectivity index (χ3v) is 2.62. The molecule has 0 heterocycles. The summed E-state index contributed by atoms with van der Waals surface area (Å²) >= 11 is 0. The van der Waals surface area contributed by atoms with Crippen LogP contribution in [0, 0.1) is 0 Å². The van der Waals surface area contributed by atoms with Crippen molar-refractivity contribution in [1.29, 1.82) is 0 Å². The molecule has 0 radical (unpaired) electrons. The van der Waals surface area contributed by atoms with Gasteiger partial charge in [-0.15, -0.1) is 0 Å². The van der Waals surface area contributed by atoms with Gasteiger partial charge in [-0.2, -0.15) is 13.2 Å². The number of carboxylic acids is 1. The lowest BCUT2D eigenvalue weighted by Crippen LogP contribution is -2.61. The normalized spacial score (nSPS) is 14.2. The number of carbonyl (C=O) groups is 2. The van der Waals surface area contributed by atoms with Crippen molar-refractivity contribution in [2.75, 3.05) is 7.11 Å². The molecule has 20 heavy (non-hydrogen) atoms. The second-order valence-corrected chi connectivity index (χ2v) is 3.93. The van der Waals surface area contributed by atoms with E-state index in [4.69, 9.17) is 9.84 Å². The molecule has 0 saturated carbocycles. The summed E-state index contributed by atoms with van der Waals surface area (Å²) in [4.78, 5) is 22.4. The highest BCUT2D eigenvalue weighted by atomic mass is 19.4. The lowest BCUT2D eigenvalue weighted by molar-refractivity contribution is -0.214. The van der Waals surface area contributed by atoms with Gasteiger partial charge in [0.25, 0.3) is 5.54 Å². The molecule has 5 nitrogen and oxygen atoms in total. The average molecular weight is 291 g/mol. The SMILES string of the molecule is COc1ccccc1C(NC(C)=O)(C(=O)O)C(F)(F)F. The zero-order valence-electron chi connectivity index (χ0n) is 10.6. The number of ether oxygens (including phenoxy) is 1. The van der Waals surface area contributed by atoms with Crippen molar-refractivity contribution < 1.29 is 32.6 Å². The predicted molar refractivity (Wildman–Crippen MR) is 62.2 cm³/mol. The molecule has 0 bridgehead atoms. The summed E-state index contributed by atoms with van der Waals surface area (Å²) in [6.07, 6.45) is -5.25. The highest BCUT2D eigenvalue weighted by Crippen LogP contribution is 2.43. The smallest absolute Gasteiger partial charge is 0.426 e. The van der Waals surface area contributed by atoms with E-state index in [9.17, 15) is 22.8 Å². The Labute approximate surface area is 112 Å². The summed E-state index contributed by atoms with van der Waals surface area (Å²) in [5.74, 6) is -3.67. The zero-order chi connectivity index (χ0) is 15.6. The van der Waals surface area contributed by atoms with E-state index in [0.717, 1.165) is 20.1 Å². The summed E-state index contributed by atoms with van der Waals surface area (Å²) < 4.78 is 44.8. The van der Waals surface area contributed by atoms with E-state index in [1.807, 2.05) is 0 Å². The molecule has 1 aromatic carbocycles. The van der Waals surface area contributed by atoms with Crippen molar-refractivity contribution in [2.24, 2.45) is 0 Å². The standard InChI is InChI=1S/C12H12F3NO4/c1-7(17)16-11(10(18)19,12(13,14)15)8-5-3-4-6-9(8)20-2/h3-6H,1-2H3,(H,16,17)(H,18,19). The fourth-order valence-electron chi connectivity index (χ4n) is 1.80. The monoisotopic (exact) mass is 291 g/mol. The Hall–Kier alpha value is -2.25. The van der Waals surface area contributed by atoms with Crippen molar-refractivity contribution in [2.45, 2.75) is 18.6 Å². The minimum absolute atomic E-state index is 0.291. The molecule has 0 fully saturated rings. The van der Waals surface area contributed by atoms with Crippen LogP contribution in [0.5, 0.6) is 5.75 Å². The third-order valence-electron chi connectivity index (χ3n) is 2.62. The van der Waals surface area contributed by atoms with Crippen molar-refractivity contribution in [3.05, 3.63) is 29.8 Å². The molecule has 8 heteroatoms. The topological polar surface area (TPSA) is 75.6 Å². The van der Waals surface area contributed by atoms with Crippen molar-refractivity contribution >= 4 is 11.9 Å². The fraction of sp³-hybridized carbons (Fsp3) is 0.333. The lowest BCUT2D eigenvalue weighted by atomic mass is 9.88. The van der Waals surface area contributed by atoms with Crippen LogP contribution in [-0.2, 0) is 15.1 Å². The van der Waals surface area contributed by atoms with Crippen LogP contribution >= 0.6 is 0 Å². The van der Waals surface area contributed by atoms with E-state index in [1.165, 1.54) is 23.5 Å². The first kappa shape index (κ1) is 15.8. The van der Waals surface area contributed by atoms with Gasteiger partial charge in [0.15, 0.2) is 0 Å². The number of para-hydroxylation sites is 1. The number of carboxylic acid groups (broad SMARTS) is 1. The number of rotatable bonds is 4. The molecule has 0 spiro atoms. The summed E-state index contributed by atoms with van der Waals surface area (Å²) in [5.41, 5.74) is -4.26. The number of hydrogen-bond donors (Lipinski definition) is 2. The molecular weight excluding hydrogens is 279 g/mol. The Balaban J connectivity index is 3.67. The van der Waals surface area contributed by atoms with E-state index < -0.39 is 29.2 Å². The molecule has 0 aliphatic carbocycles. The second kappa shape index (κ2) is 5.40. The maximum absolute atomic E-state index is 13.3. The van der Waals surface area contributed by atoms with E-state index in [2.05, 4.69) is 0 Å². The first-order chi connectivity index (χ1) is 9.16. The number of amides is 1. The molecule has 1 atom stereocenters. The number of aliphatic carboxylic acids is 1. The summed E-state index contributed by atoms with van der Waals surface area (Å²) in [5, 5.41) is 10.6. The van der Waals surface area contributed by atoms with Gasteiger partial charge in [0.05, 0.1) is 7.11 Å². The Morgan fingerprint density at radius 2 is 1.80 bits per heavy atom. The molecule has 0 aliphatic heterocycles. The maximum Gasteiger partial charge on any atom is 0.426 e. The molecule has 2 N–H and O–H groups in total. The van der Waals surface area contributed by atoms with Gasteiger partial charge in [0.1, 0.15) is 5.75 Å². The maximum atomic E-state index is 13.3. The Bertz CT molecular complexity index is 530. The summed E-state index contributed by atoms with van der Waals surface area (Å²) in [7, 11) is 1.11. The lowest BCUT2D eigenvalue weighted by Gasteiger charge is -2.33. The van der Waals surface area contributed by atoms with Crippen LogP contribution in [-0.4, -0.2) is 30.3 Å². The van der Waals surface area contributed by atoms with Gasteiger partial charge in [0, 0.05) is 12.5 Å². The van der Waals surface area contributed by atoms with Crippen LogP contribution < -0.4 is 10.1 Å². The van der Waals surface area contributed by atoms with Gasteiger partial charge in [0.2, 0.25) is 5.91 Å². The molecule has 1 amide bonds. The predicted octanol–water partition coefficient (Wildman–Crippen LogP) is 1.67. The molecule has 0 aromatic heterocycles. The van der Waals surface area contributed by atoms with Crippen molar-refractivity contribution in [3.63, 3.8) is 0 Å². The van der Waals surface area contributed by atoms with E-state index in [0.29, 0.717) is 0 Å². The first-order valence-corrected chi connectivity index (χ1v) is 5.39. The second-order valence-electron chi connectivity index (χ2n) is 3.93. The van der Waals surface area contributed by atoms with Gasteiger partial charge in [-0.05, 0) is 6.07 Å². The Kier molecular flexibility index (Phi) is 4.26. The largest absolute Gasteiger partial charge is 0.496 e. The molecular formula is C12H12F3NO4. The van der Waals surface area contributed by atoms with Gasteiger partial charge < -0.3 is 15.2 Å².